The molecular formula is C15H17N5O4. The minimum Gasteiger partial charge on any atom is -0.358 e. The number of hydrogen-bond donors (Lipinski definition) is 2. The lowest BCUT2D eigenvalue weighted by molar-refractivity contribution is -0.385. The van der Waals surface area contributed by atoms with Crippen molar-refractivity contribution in [1.82, 2.24) is 15.1 Å². The summed E-state index contributed by atoms with van der Waals surface area (Å²) in [6, 6.07) is 6.01. The number of likely N-dealkylation sites (N-methyl/N-ethyl adjacent to an activating group) is 1. The number of nitrogens with one attached hydrogen (secondary N) is 2. The minimum absolute atomic E-state index is 0.0130. The van der Waals surface area contributed by atoms with E-state index in [0.29, 0.717) is 11.3 Å². The van der Waals surface area contributed by atoms with Crippen molar-refractivity contribution in [3.63, 3.8) is 0 Å². The van der Waals surface area contributed by atoms with E-state index in [2.05, 4.69) is 15.7 Å². The molecule has 0 atom stereocenters. The zero-order valence-corrected chi connectivity index (χ0v) is 13.5. The maximum absolute atomic E-state index is 12.4. The normalized spacial score (nSPS) is 10.3. The molecule has 2 amide bonds. The van der Waals surface area contributed by atoms with E-state index >= 15 is 0 Å². The van der Waals surface area contributed by atoms with Gasteiger partial charge in [-0.15, -0.1) is 0 Å². The van der Waals surface area contributed by atoms with Gasteiger partial charge in [0.25, 0.3) is 11.6 Å². The maximum atomic E-state index is 12.4. The van der Waals surface area contributed by atoms with Gasteiger partial charge in [-0.2, -0.15) is 5.10 Å². The highest BCUT2D eigenvalue weighted by Crippen LogP contribution is 2.23. The van der Waals surface area contributed by atoms with Crippen molar-refractivity contribution in [3.05, 3.63) is 51.2 Å². The predicted molar refractivity (Wildman–Crippen MR) is 86.8 cm³/mol. The van der Waals surface area contributed by atoms with E-state index in [-0.39, 0.29) is 29.5 Å². The number of hydrogen-bond acceptors (Lipinski definition) is 5. The highest BCUT2D eigenvalue weighted by molar-refractivity contribution is 6.07. The van der Waals surface area contributed by atoms with E-state index in [1.165, 1.54) is 23.9 Å². The Morgan fingerprint density at radius 3 is 2.67 bits per heavy atom. The van der Waals surface area contributed by atoms with Crippen molar-refractivity contribution >= 4 is 23.3 Å². The van der Waals surface area contributed by atoms with Gasteiger partial charge in [-0.25, -0.2) is 0 Å². The van der Waals surface area contributed by atoms with Gasteiger partial charge in [0, 0.05) is 24.9 Å². The van der Waals surface area contributed by atoms with Crippen LogP contribution in [0.2, 0.25) is 0 Å². The van der Waals surface area contributed by atoms with Crippen LogP contribution in [0.1, 0.15) is 21.6 Å². The zero-order chi connectivity index (χ0) is 17.9. The molecule has 2 rings (SSSR count). The van der Waals surface area contributed by atoms with Crippen LogP contribution in [0.5, 0.6) is 0 Å². The molecule has 24 heavy (non-hydrogen) atoms. The number of amides is 2. The maximum Gasteiger partial charge on any atom is 0.282 e. The van der Waals surface area contributed by atoms with E-state index in [1.54, 1.807) is 26.0 Å². The van der Waals surface area contributed by atoms with Crippen molar-refractivity contribution in [1.29, 1.82) is 0 Å². The van der Waals surface area contributed by atoms with Gasteiger partial charge in [-0.1, -0.05) is 12.1 Å². The Hall–Kier alpha value is -3.23. The molecule has 1 heterocycles. The number of carbonyl (C=O) groups excluding carboxylic acids is 2. The molecule has 0 aliphatic carbocycles. The molecule has 2 N–H and O–H groups in total. The SMILES string of the molecule is CNC(=O)Cn1nc(NC(=O)c2c(C)cccc2[N+](=O)[O-])cc1C. The molecule has 126 valence electrons. The van der Waals surface area contributed by atoms with Gasteiger partial charge in [-0.05, 0) is 19.4 Å². The number of nitro benzene ring substituents is 1. The summed E-state index contributed by atoms with van der Waals surface area (Å²) in [6.45, 7) is 3.38. The molecule has 1 aromatic carbocycles. The van der Waals surface area contributed by atoms with E-state index < -0.39 is 10.8 Å². The van der Waals surface area contributed by atoms with E-state index in [9.17, 15) is 19.7 Å². The molecule has 0 spiro atoms. The number of aryl methyl sites for hydroxylation is 2. The molecule has 0 aliphatic rings. The fourth-order valence-electron chi connectivity index (χ4n) is 2.23. The minimum atomic E-state index is -0.621. The van der Waals surface area contributed by atoms with Crippen LogP contribution in [0.25, 0.3) is 0 Å². The Morgan fingerprint density at radius 2 is 2.04 bits per heavy atom. The van der Waals surface area contributed by atoms with Gasteiger partial charge in [-0.3, -0.25) is 24.4 Å². The molecule has 2 aromatic rings. The van der Waals surface area contributed by atoms with Crippen LogP contribution in [0.3, 0.4) is 0 Å². The van der Waals surface area contributed by atoms with Crippen molar-refractivity contribution < 1.29 is 14.5 Å². The lowest BCUT2D eigenvalue weighted by atomic mass is 10.1. The average Bonchev–Trinajstić information content (AvgIpc) is 2.85. The van der Waals surface area contributed by atoms with Crippen LogP contribution in [0.15, 0.2) is 24.3 Å². The standard InChI is InChI=1S/C15H17N5O4/c1-9-5-4-6-11(20(23)24)14(9)15(22)17-12-7-10(2)19(18-12)8-13(21)16-3/h4-7H,8H2,1-3H3,(H,16,21)(H,17,18,22). The van der Waals surface area contributed by atoms with Gasteiger partial charge < -0.3 is 10.6 Å². The summed E-state index contributed by atoms with van der Waals surface area (Å²) in [5, 5.41) is 20.2. The summed E-state index contributed by atoms with van der Waals surface area (Å²) in [6.07, 6.45) is 0. The first-order valence-corrected chi connectivity index (χ1v) is 7.14. The van der Waals surface area contributed by atoms with Crippen LogP contribution in [-0.2, 0) is 11.3 Å². The van der Waals surface area contributed by atoms with Crippen LogP contribution in [-0.4, -0.2) is 33.6 Å². The Balaban J connectivity index is 2.27. The second-order valence-corrected chi connectivity index (χ2v) is 5.18. The number of nitrogens with zero attached hydrogens (tertiary/aromatic N) is 3. The molecule has 0 fully saturated rings. The van der Waals surface area contributed by atoms with Gasteiger partial charge in [0.05, 0.1) is 4.92 Å². The Bertz CT molecular complexity index is 812. The van der Waals surface area contributed by atoms with E-state index in [4.69, 9.17) is 0 Å². The summed E-state index contributed by atoms with van der Waals surface area (Å²) < 4.78 is 1.43. The monoisotopic (exact) mass is 331 g/mol. The zero-order valence-electron chi connectivity index (χ0n) is 13.5. The van der Waals surface area contributed by atoms with Crippen LogP contribution >= 0.6 is 0 Å². The number of nitro groups is 1. The summed E-state index contributed by atoms with van der Waals surface area (Å²) in [5.41, 5.74) is 0.881. The first kappa shape index (κ1) is 17.1. The topological polar surface area (TPSA) is 119 Å². The summed E-state index contributed by atoms with van der Waals surface area (Å²) in [4.78, 5) is 34.3. The average molecular weight is 331 g/mol. The van der Waals surface area contributed by atoms with Crippen molar-refractivity contribution in [2.24, 2.45) is 0 Å². The fourth-order valence-corrected chi connectivity index (χ4v) is 2.23. The Labute approximate surface area is 137 Å². The van der Waals surface area contributed by atoms with Crippen LogP contribution in [0.4, 0.5) is 11.5 Å². The predicted octanol–water partition coefficient (Wildman–Crippen LogP) is 1.41. The molecule has 0 bridgehead atoms. The second-order valence-electron chi connectivity index (χ2n) is 5.18. The summed E-state index contributed by atoms with van der Waals surface area (Å²) in [7, 11) is 1.52. The van der Waals surface area contributed by atoms with Gasteiger partial charge >= 0.3 is 0 Å². The molecule has 0 aliphatic heterocycles. The quantitative estimate of drug-likeness (QED) is 0.634. The first-order valence-electron chi connectivity index (χ1n) is 7.14. The Morgan fingerprint density at radius 1 is 1.33 bits per heavy atom. The second kappa shape index (κ2) is 6.90. The molecule has 9 nitrogen and oxygen atoms in total. The third-order valence-electron chi connectivity index (χ3n) is 3.47. The smallest absolute Gasteiger partial charge is 0.282 e. The third-order valence-corrected chi connectivity index (χ3v) is 3.47. The highest BCUT2D eigenvalue weighted by Gasteiger charge is 2.23. The fraction of sp³-hybridized carbons (Fsp3) is 0.267. The van der Waals surface area contributed by atoms with Gasteiger partial charge in [0.1, 0.15) is 12.1 Å². The summed E-state index contributed by atoms with van der Waals surface area (Å²) >= 11 is 0. The first-order chi connectivity index (χ1) is 11.3. The Kier molecular flexibility index (Phi) is 4.93. The molecular weight excluding hydrogens is 314 g/mol. The van der Waals surface area contributed by atoms with Crippen LogP contribution in [0, 0.1) is 24.0 Å². The van der Waals surface area contributed by atoms with Crippen molar-refractivity contribution in [2.75, 3.05) is 12.4 Å². The summed E-state index contributed by atoms with van der Waals surface area (Å²) in [5.74, 6) is -0.628. The lowest BCUT2D eigenvalue weighted by Gasteiger charge is -2.06. The van der Waals surface area contributed by atoms with Crippen molar-refractivity contribution in [2.45, 2.75) is 20.4 Å². The third kappa shape index (κ3) is 3.57. The lowest BCUT2D eigenvalue weighted by Crippen LogP contribution is -2.24. The molecule has 9 heteroatoms. The van der Waals surface area contributed by atoms with Gasteiger partial charge in [0.15, 0.2) is 5.82 Å². The number of rotatable bonds is 5. The largest absolute Gasteiger partial charge is 0.358 e. The van der Waals surface area contributed by atoms with E-state index in [1.807, 2.05) is 0 Å². The number of anilines is 1. The highest BCUT2D eigenvalue weighted by atomic mass is 16.6. The number of aromatic nitrogens is 2. The van der Waals surface area contributed by atoms with Crippen LogP contribution < -0.4 is 10.6 Å². The molecule has 0 saturated heterocycles. The molecule has 0 saturated carbocycles. The molecule has 1 aromatic heterocycles. The number of benzene rings is 1. The molecule has 0 unspecified atom stereocenters. The van der Waals surface area contributed by atoms with Gasteiger partial charge in [0.2, 0.25) is 5.91 Å². The number of carbonyl (C=O) groups is 2. The molecule has 0 radical (unpaired) electrons. The van der Waals surface area contributed by atoms with Crippen molar-refractivity contribution in [3.8, 4) is 0 Å². The van der Waals surface area contributed by atoms with E-state index in [0.717, 1.165) is 0 Å².